The number of nitrogens with two attached hydrogens (primary N) is 1. The fraction of sp³-hybridized carbons (Fsp3) is 0.429. The Balaban J connectivity index is 1.82. The molecule has 1 aromatic rings. The second-order valence-electron chi connectivity index (χ2n) is 5.02. The fourth-order valence-corrected chi connectivity index (χ4v) is 1.82. The van der Waals surface area contributed by atoms with Crippen molar-refractivity contribution in [2.24, 2.45) is 16.8 Å². The zero-order chi connectivity index (χ0) is 14.5. The Hall–Kier alpha value is -2.24. The molecule has 0 bridgehead atoms. The van der Waals surface area contributed by atoms with Gasteiger partial charge in [-0.15, -0.1) is 0 Å². The third-order valence-electron chi connectivity index (χ3n) is 3.27. The topological polar surface area (TPSA) is 88.2 Å². The van der Waals surface area contributed by atoms with E-state index < -0.39 is 0 Å². The molecule has 0 aliphatic heterocycles. The maximum Gasteiger partial charge on any atom is 0.260 e. The molecule has 0 heterocycles. The lowest BCUT2D eigenvalue weighted by Crippen LogP contribution is -2.32. The zero-order valence-electron chi connectivity index (χ0n) is 11.5. The molecule has 3 N–H and O–H groups in total. The number of likely N-dealkylation sites (N-methyl/N-ethyl adjacent to an activating group) is 1. The number of carbonyl (C=O) groups is 1. The highest BCUT2D eigenvalue weighted by Crippen LogP contribution is 2.29. The van der Waals surface area contributed by atoms with Crippen molar-refractivity contribution in [2.75, 3.05) is 20.2 Å². The number of amidine groups is 1. The van der Waals surface area contributed by atoms with Crippen LogP contribution in [0.4, 0.5) is 0 Å². The lowest BCUT2D eigenvalue weighted by molar-refractivity contribution is -0.132. The summed E-state index contributed by atoms with van der Waals surface area (Å²) in [7, 11) is 1.80. The smallest absolute Gasteiger partial charge is 0.260 e. The quantitative estimate of drug-likeness (QED) is 0.352. The van der Waals surface area contributed by atoms with Crippen molar-refractivity contribution in [1.29, 1.82) is 0 Å². The molecule has 6 nitrogen and oxygen atoms in total. The maximum atomic E-state index is 11.8. The number of rotatable bonds is 6. The van der Waals surface area contributed by atoms with Gasteiger partial charge >= 0.3 is 0 Å². The summed E-state index contributed by atoms with van der Waals surface area (Å²) >= 11 is 0. The number of benzene rings is 1. The molecule has 108 valence electrons. The molecule has 1 aliphatic rings. The maximum absolute atomic E-state index is 11.8. The Bertz CT molecular complexity index is 495. The predicted molar refractivity (Wildman–Crippen MR) is 74.8 cm³/mol. The van der Waals surface area contributed by atoms with E-state index in [1.807, 2.05) is 0 Å². The molecule has 1 saturated carbocycles. The minimum absolute atomic E-state index is 0.0200. The van der Waals surface area contributed by atoms with Gasteiger partial charge in [0.2, 0.25) is 0 Å². The number of carbonyl (C=O) groups excluding carboxylic acids is 1. The summed E-state index contributed by atoms with van der Waals surface area (Å²) in [5.74, 6) is 1.26. The summed E-state index contributed by atoms with van der Waals surface area (Å²) in [6, 6.07) is 6.70. The van der Waals surface area contributed by atoms with Gasteiger partial charge in [0.15, 0.2) is 12.4 Å². The van der Waals surface area contributed by atoms with E-state index in [0.29, 0.717) is 17.2 Å². The predicted octanol–water partition coefficient (Wildman–Crippen LogP) is 1.03. The first-order chi connectivity index (χ1) is 9.60. The SMILES string of the molecule is CN(CC1CC1)C(=O)COc1ccc(/C(N)=N/O)cc1. The normalized spacial score (nSPS) is 14.9. The van der Waals surface area contributed by atoms with E-state index in [4.69, 9.17) is 15.7 Å². The van der Waals surface area contributed by atoms with Crippen molar-refractivity contribution in [2.45, 2.75) is 12.8 Å². The van der Waals surface area contributed by atoms with E-state index in [2.05, 4.69) is 5.16 Å². The van der Waals surface area contributed by atoms with Crippen LogP contribution < -0.4 is 10.5 Å². The Morgan fingerprint density at radius 1 is 1.45 bits per heavy atom. The highest BCUT2D eigenvalue weighted by atomic mass is 16.5. The Morgan fingerprint density at radius 2 is 2.10 bits per heavy atom. The molecule has 1 aliphatic carbocycles. The van der Waals surface area contributed by atoms with Gasteiger partial charge in [-0.25, -0.2) is 0 Å². The van der Waals surface area contributed by atoms with Crippen LogP contribution in [0.3, 0.4) is 0 Å². The van der Waals surface area contributed by atoms with Gasteiger partial charge in [-0.05, 0) is 43.0 Å². The zero-order valence-corrected chi connectivity index (χ0v) is 11.5. The van der Waals surface area contributed by atoms with Crippen molar-refractivity contribution in [3.63, 3.8) is 0 Å². The van der Waals surface area contributed by atoms with Crippen LogP contribution in [0.25, 0.3) is 0 Å². The summed E-state index contributed by atoms with van der Waals surface area (Å²) < 4.78 is 5.42. The summed E-state index contributed by atoms with van der Waals surface area (Å²) in [5.41, 5.74) is 6.05. The summed E-state index contributed by atoms with van der Waals surface area (Å²) in [4.78, 5) is 13.5. The number of hydrogen-bond donors (Lipinski definition) is 2. The summed E-state index contributed by atoms with van der Waals surface area (Å²) in [6.45, 7) is 0.830. The number of hydrogen-bond acceptors (Lipinski definition) is 4. The molecule has 1 fully saturated rings. The molecular weight excluding hydrogens is 258 g/mol. The van der Waals surface area contributed by atoms with E-state index >= 15 is 0 Å². The average molecular weight is 277 g/mol. The van der Waals surface area contributed by atoms with E-state index in [9.17, 15) is 4.79 Å². The van der Waals surface area contributed by atoms with Crippen molar-refractivity contribution < 1.29 is 14.7 Å². The van der Waals surface area contributed by atoms with Crippen LogP contribution in [0.1, 0.15) is 18.4 Å². The molecule has 0 unspecified atom stereocenters. The largest absolute Gasteiger partial charge is 0.484 e. The van der Waals surface area contributed by atoms with Gasteiger partial charge in [-0.1, -0.05) is 5.16 Å². The van der Waals surface area contributed by atoms with Gasteiger partial charge in [-0.3, -0.25) is 4.79 Å². The minimum atomic E-state index is -0.0302. The molecule has 1 aromatic carbocycles. The number of nitrogens with zero attached hydrogens (tertiary/aromatic N) is 2. The Kier molecular flexibility index (Phi) is 4.45. The molecule has 0 atom stereocenters. The van der Waals surface area contributed by atoms with Crippen molar-refractivity contribution in [3.05, 3.63) is 29.8 Å². The molecule has 0 spiro atoms. The lowest BCUT2D eigenvalue weighted by Gasteiger charge is -2.17. The Labute approximate surface area is 117 Å². The second-order valence-corrected chi connectivity index (χ2v) is 5.02. The minimum Gasteiger partial charge on any atom is -0.484 e. The molecule has 1 amide bonds. The number of amides is 1. The Morgan fingerprint density at radius 3 is 2.65 bits per heavy atom. The van der Waals surface area contributed by atoms with Crippen molar-refractivity contribution in [1.82, 2.24) is 4.90 Å². The number of ether oxygens (including phenoxy) is 1. The third kappa shape index (κ3) is 3.88. The van der Waals surface area contributed by atoms with Crippen molar-refractivity contribution >= 4 is 11.7 Å². The van der Waals surface area contributed by atoms with Crippen LogP contribution in [0.15, 0.2) is 29.4 Å². The third-order valence-corrected chi connectivity index (χ3v) is 3.27. The first-order valence-electron chi connectivity index (χ1n) is 6.55. The van der Waals surface area contributed by atoms with Gasteiger partial charge in [-0.2, -0.15) is 0 Å². The van der Waals surface area contributed by atoms with E-state index in [1.54, 1.807) is 36.2 Å². The monoisotopic (exact) mass is 277 g/mol. The van der Waals surface area contributed by atoms with Gasteiger partial charge in [0.1, 0.15) is 5.75 Å². The standard InChI is InChI=1S/C14H19N3O3/c1-17(8-10-2-3-10)13(18)9-20-12-6-4-11(5-7-12)14(15)16-19/h4-7,10,19H,2-3,8-9H2,1H3,(H2,15,16). The van der Waals surface area contributed by atoms with Gasteiger partial charge in [0.05, 0.1) is 0 Å². The highest BCUT2D eigenvalue weighted by molar-refractivity contribution is 5.97. The molecule has 20 heavy (non-hydrogen) atoms. The van der Waals surface area contributed by atoms with Crippen LogP contribution in [-0.2, 0) is 4.79 Å². The first-order valence-corrected chi connectivity index (χ1v) is 6.55. The summed E-state index contributed by atoms with van der Waals surface area (Å²) in [5, 5.41) is 11.5. The van der Waals surface area contributed by atoms with E-state index in [0.717, 1.165) is 6.54 Å². The van der Waals surface area contributed by atoms with Crippen molar-refractivity contribution in [3.8, 4) is 5.75 Å². The second kappa shape index (κ2) is 6.27. The molecular formula is C14H19N3O3. The molecule has 0 saturated heterocycles. The summed E-state index contributed by atoms with van der Waals surface area (Å²) in [6.07, 6.45) is 2.43. The van der Waals surface area contributed by atoms with Crippen LogP contribution in [0, 0.1) is 5.92 Å². The van der Waals surface area contributed by atoms with Gasteiger partial charge < -0.3 is 20.6 Å². The van der Waals surface area contributed by atoms with Gasteiger partial charge in [0, 0.05) is 19.2 Å². The van der Waals surface area contributed by atoms with E-state index in [1.165, 1.54) is 12.8 Å². The van der Waals surface area contributed by atoms with Gasteiger partial charge in [0.25, 0.3) is 5.91 Å². The highest BCUT2D eigenvalue weighted by Gasteiger charge is 2.24. The van der Waals surface area contributed by atoms with Crippen LogP contribution in [0.5, 0.6) is 5.75 Å². The number of oxime groups is 1. The molecule has 2 rings (SSSR count). The van der Waals surface area contributed by atoms with E-state index in [-0.39, 0.29) is 18.3 Å². The van der Waals surface area contributed by atoms with Crippen LogP contribution in [-0.4, -0.2) is 42.0 Å². The average Bonchev–Trinajstić information content (AvgIpc) is 3.28. The molecule has 6 heteroatoms. The lowest BCUT2D eigenvalue weighted by atomic mass is 10.2. The van der Waals surface area contributed by atoms with Crippen LogP contribution >= 0.6 is 0 Å². The first kappa shape index (κ1) is 14.2. The van der Waals surface area contributed by atoms with Crippen LogP contribution in [0.2, 0.25) is 0 Å². The molecule has 0 aromatic heterocycles. The molecule has 0 radical (unpaired) electrons. The fourth-order valence-electron chi connectivity index (χ4n) is 1.82.